The second-order valence-electron chi connectivity index (χ2n) is 7.04. The average Bonchev–Trinajstić information content (AvgIpc) is 3.01. The number of carbonyl (C=O) groups is 2. The van der Waals surface area contributed by atoms with E-state index in [1.165, 1.54) is 0 Å². The molecule has 7 heteroatoms. The first-order valence-electron chi connectivity index (χ1n) is 10.1. The highest BCUT2D eigenvalue weighted by molar-refractivity contribution is 5.94. The van der Waals surface area contributed by atoms with Gasteiger partial charge in [-0.3, -0.25) is 14.0 Å². The molecule has 154 valence electrons. The molecular formula is C21H31N3O4. The van der Waals surface area contributed by atoms with E-state index in [1.54, 1.807) is 11.5 Å². The number of carboxylic acids is 1. The molecule has 2 aromatic heterocycles. The molecule has 2 aromatic rings. The molecule has 0 saturated carbocycles. The molecule has 0 spiro atoms. The smallest absolute Gasteiger partial charge is 0.303 e. The molecule has 0 aliphatic rings. The summed E-state index contributed by atoms with van der Waals surface area (Å²) in [5, 5.41) is 11.6. The first-order chi connectivity index (χ1) is 13.5. The van der Waals surface area contributed by atoms with E-state index in [9.17, 15) is 9.59 Å². The normalized spacial score (nSPS) is 10.9. The molecule has 0 fully saturated rings. The van der Waals surface area contributed by atoms with Crippen LogP contribution in [-0.2, 0) is 4.79 Å². The standard InChI is InChI=1S/C21H31N3O4/c1-16-19(24-15-11-12-17(28-2)20(24)23-16)21(27)22-14-10-8-6-4-3-5-7-9-13-18(25)26/h11-12,15H,3-10,13-14H2,1-2H3,(H,22,27)(H,25,26). The van der Waals surface area contributed by atoms with Crippen LogP contribution in [0.4, 0.5) is 0 Å². The van der Waals surface area contributed by atoms with Crippen LogP contribution in [0, 0.1) is 6.92 Å². The van der Waals surface area contributed by atoms with Crippen LogP contribution < -0.4 is 10.1 Å². The third-order valence-electron chi connectivity index (χ3n) is 4.83. The predicted octanol–water partition coefficient (Wildman–Crippen LogP) is 3.98. The lowest BCUT2D eigenvalue weighted by atomic mass is 10.1. The number of carboxylic acid groups (broad SMARTS) is 1. The Balaban J connectivity index is 1.65. The summed E-state index contributed by atoms with van der Waals surface area (Å²) in [4.78, 5) is 27.5. The summed E-state index contributed by atoms with van der Waals surface area (Å²) in [6, 6.07) is 3.67. The number of hydrogen-bond acceptors (Lipinski definition) is 4. The fourth-order valence-corrected chi connectivity index (χ4v) is 3.34. The van der Waals surface area contributed by atoms with Crippen molar-refractivity contribution in [2.45, 2.75) is 64.7 Å². The van der Waals surface area contributed by atoms with Crippen LogP contribution in [-0.4, -0.2) is 40.0 Å². The highest BCUT2D eigenvalue weighted by Crippen LogP contribution is 2.21. The summed E-state index contributed by atoms with van der Waals surface area (Å²) in [6.45, 7) is 2.48. The van der Waals surface area contributed by atoms with Gasteiger partial charge in [-0.15, -0.1) is 0 Å². The molecule has 0 bridgehead atoms. The summed E-state index contributed by atoms with van der Waals surface area (Å²) < 4.78 is 7.08. The largest absolute Gasteiger partial charge is 0.493 e. The Labute approximate surface area is 166 Å². The number of unbranched alkanes of at least 4 members (excludes halogenated alkanes) is 7. The Morgan fingerprint density at radius 2 is 1.75 bits per heavy atom. The van der Waals surface area contributed by atoms with Crippen molar-refractivity contribution >= 4 is 17.5 Å². The molecule has 0 aliphatic heterocycles. The Bertz CT molecular complexity index is 785. The molecule has 28 heavy (non-hydrogen) atoms. The molecule has 2 rings (SSSR count). The molecular weight excluding hydrogens is 358 g/mol. The average molecular weight is 389 g/mol. The van der Waals surface area contributed by atoms with Gasteiger partial charge in [-0.25, -0.2) is 4.98 Å². The maximum Gasteiger partial charge on any atom is 0.303 e. The van der Waals surface area contributed by atoms with Crippen LogP contribution in [0.3, 0.4) is 0 Å². The maximum absolute atomic E-state index is 12.6. The number of aryl methyl sites for hydroxylation is 1. The SMILES string of the molecule is COc1cccn2c(C(=O)NCCCCCCCCCCC(=O)O)c(C)nc12. The number of hydrogen-bond donors (Lipinski definition) is 2. The number of carbonyl (C=O) groups excluding carboxylic acids is 1. The zero-order valence-corrected chi connectivity index (χ0v) is 16.9. The van der Waals surface area contributed by atoms with E-state index in [0.29, 0.717) is 29.3 Å². The minimum atomic E-state index is -0.708. The van der Waals surface area contributed by atoms with Gasteiger partial charge in [0.1, 0.15) is 5.69 Å². The predicted molar refractivity (Wildman–Crippen MR) is 108 cm³/mol. The minimum Gasteiger partial charge on any atom is -0.493 e. The van der Waals surface area contributed by atoms with E-state index in [-0.39, 0.29) is 12.3 Å². The maximum atomic E-state index is 12.6. The van der Waals surface area contributed by atoms with Gasteiger partial charge in [0.05, 0.1) is 12.8 Å². The molecule has 0 unspecified atom stereocenters. The van der Waals surface area contributed by atoms with Crippen LogP contribution in [0.5, 0.6) is 5.75 Å². The van der Waals surface area contributed by atoms with E-state index < -0.39 is 5.97 Å². The number of pyridine rings is 1. The Kier molecular flexibility index (Phi) is 8.78. The Morgan fingerprint density at radius 1 is 1.11 bits per heavy atom. The van der Waals surface area contributed by atoms with Crippen LogP contribution in [0.15, 0.2) is 18.3 Å². The van der Waals surface area contributed by atoms with E-state index in [4.69, 9.17) is 9.84 Å². The Hall–Kier alpha value is -2.57. The van der Waals surface area contributed by atoms with Gasteiger partial charge in [0.25, 0.3) is 5.91 Å². The first kappa shape index (κ1) is 21.7. The van der Waals surface area contributed by atoms with Gasteiger partial charge in [-0.05, 0) is 31.9 Å². The van der Waals surface area contributed by atoms with Gasteiger partial charge in [0.2, 0.25) is 0 Å². The fourth-order valence-electron chi connectivity index (χ4n) is 3.34. The van der Waals surface area contributed by atoms with Crippen molar-refractivity contribution in [2.24, 2.45) is 0 Å². The monoisotopic (exact) mass is 389 g/mol. The van der Waals surface area contributed by atoms with Gasteiger partial charge in [-0.1, -0.05) is 38.5 Å². The van der Waals surface area contributed by atoms with Crippen LogP contribution >= 0.6 is 0 Å². The van der Waals surface area contributed by atoms with Crippen LogP contribution in [0.25, 0.3) is 5.65 Å². The fraction of sp³-hybridized carbons (Fsp3) is 0.571. The number of imidazole rings is 1. The second kappa shape index (κ2) is 11.3. The van der Waals surface area contributed by atoms with Crippen molar-refractivity contribution in [3.8, 4) is 5.75 Å². The number of rotatable bonds is 13. The van der Waals surface area contributed by atoms with Gasteiger partial charge in [-0.2, -0.15) is 0 Å². The highest BCUT2D eigenvalue weighted by atomic mass is 16.5. The number of nitrogens with one attached hydrogen (secondary N) is 1. The second-order valence-corrected chi connectivity index (χ2v) is 7.04. The van der Waals surface area contributed by atoms with E-state index in [2.05, 4.69) is 10.3 Å². The summed E-state index contributed by atoms with van der Waals surface area (Å²) in [6.07, 6.45) is 10.4. The third-order valence-corrected chi connectivity index (χ3v) is 4.83. The molecule has 0 aliphatic carbocycles. The number of amides is 1. The van der Waals surface area contributed by atoms with E-state index in [1.807, 2.05) is 25.3 Å². The number of aliphatic carboxylic acids is 1. The third kappa shape index (κ3) is 6.25. The topological polar surface area (TPSA) is 92.9 Å². The number of nitrogens with zero attached hydrogens (tertiary/aromatic N) is 2. The van der Waals surface area contributed by atoms with E-state index >= 15 is 0 Å². The van der Waals surface area contributed by atoms with Gasteiger partial charge in [0.15, 0.2) is 11.4 Å². The summed E-state index contributed by atoms with van der Waals surface area (Å²) in [5.74, 6) is -0.176. The Morgan fingerprint density at radius 3 is 2.39 bits per heavy atom. The minimum absolute atomic E-state index is 0.114. The van der Waals surface area contributed by atoms with Gasteiger partial charge < -0.3 is 15.2 Å². The van der Waals surface area contributed by atoms with Crippen LogP contribution in [0.2, 0.25) is 0 Å². The quantitative estimate of drug-likeness (QED) is 0.506. The zero-order valence-electron chi connectivity index (χ0n) is 16.9. The van der Waals surface area contributed by atoms with Crippen molar-refractivity contribution in [1.82, 2.24) is 14.7 Å². The molecule has 1 amide bonds. The lowest BCUT2D eigenvalue weighted by Crippen LogP contribution is -2.26. The number of fused-ring (bicyclic) bond motifs is 1. The van der Waals surface area contributed by atoms with Gasteiger partial charge in [0, 0.05) is 19.2 Å². The summed E-state index contributed by atoms with van der Waals surface area (Å²) in [7, 11) is 1.59. The molecule has 7 nitrogen and oxygen atoms in total. The summed E-state index contributed by atoms with van der Waals surface area (Å²) in [5.41, 5.74) is 1.89. The molecule has 0 aromatic carbocycles. The molecule has 0 atom stereocenters. The summed E-state index contributed by atoms with van der Waals surface area (Å²) >= 11 is 0. The lowest BCUT2D eigenvalue weighted by Gasteiger charge is -2.07. The van der Waals surface area contributed by atoms with Gasteiger partial charge >= 0.3 is 5.97 Å². The van der Waals surface area contributed by atoms with E-state index in [0.717, 1.165) is 51.4 Å². The van der Waals surface area contributed by atoms with Crippen molar-refractivity contribution in [1.29, 1.82) is 0 Å². The van der Waals surface area contributed by atoms with Crippen molar-refractivity contribution in [3.63, 3.8) is 0 Å². The highest BCUT2D eigenvalue weighted by Gasteiger charge is 2.18. The molecule has 0 radical (unpaired) electrons. The lowest BCUT2D eigenvalue weighted by molar-refractivity contribution is -0.137. The molecule has 2 heterocycles. The number of ether oxygens (including phenoxy) is 1. The first-order valence-corrected chi connectivity index (χ1v) is 10.1. The van der Waals surface area contributed by atoms with Crippen LogP contribution in [0.1, 0.15) is 74.0 Å². The molecule has 0 saturated heterocycles. The van der Waals surface area contributed by atoms with Crippen molar-refractivity contribution in [2.75, 3.05) is 13.7 Å². The van der Waals surface area contributed by atoms with Crippen molar-refractivity contribution < 1.29 is 19.4 Å². The zero-order chi connectivity index (χ0) is 20.4. The number of aromatic nitrogens is 2. The number of methoxy groups -OCH3 is 1. The van der Waals surface area contributed by atoms with Crippen molar-refractivity contribution in [3.05, 3.63) is 29.7 Å². The molecule has 2 N–H and O–H groups in total.